The van der Waals surface area contributed by atoms with E-state index in [0.29, 0.717) is 0 Å². The van der Waals surface area contributed by atoms with E-state index in [2.05, 4.69) is 54.0 Å². The van der Waals surface area contributed by atoms with E-state index < -0.39 is 0 Å². The summed E-state index contributed by atoms with van der Waals surface area (Å²) in [4.78, 5) is 4.39. The van der Waals surface area contributed by atoms with Gasteiger partial charge in [0.25, 0.3) is 0 Å². The molecule has 0 unspecified atom stereocenters. The molecule has 1 nitrogen and oxygen atoms in total. The molecule has 2 aromatic rings. The second kappa shape index (κ2) is 4.99. The molecular weight excluding hydrogens is 202 g/mol. The largest absolute Gasteiger partial charge is 0.256 e. The molecule has 76 valence electrons. The first kappa shape index (κ1) is 10.2. The van der Waals surface area contributed by atoms with Crippen molar-refractivity contribution >= 4 is 29.6 Å². The molecule has 1 aromatic carbocycles. The highest BCUT2D eigenvalue weighted by atomic mass is 32.1. The first-order valence-corrected chi connectivity index (χ1v) is 5.66. The summed E-state index contributed by atoms with van der Waals surface area (Å²) in [6, 6.07) is 10.3. The average Bonchev–Trinajstić information content (AvgIpc) is 2.30. The zero-order valence-corrected chi connectivity index (χ0v) is 9.32. The van der Waals surface area contributed by atoms with Crippen LogP contribution in [-0.2, 0) is 0 Å². The number of para-hydroxylation sites is 1. The maximum absolute atomic E-state index is 4.39. The van der Waals surface area contributed by atoms with Crippen LogP contribution in [0.4, 0.5) is 0 Å². The summed E-state index contributed by atoms with van der Waals surface area (Å²) >= 11 is 4.17. The Morgan fingerprint density at radius 1 is 1.20 bits per heavy atom. The van der Waals surface area contributed by atoms with Crippen LogP contribution in [-0.4, -0.2) is 10.7 Å². The Kier molecular flexibility index (Phi) is 3.41. The predicted octanol–water partition coefficient (Wildman–Crippen LogP) is 3.57. The van der Waals surface area contributed by atoms with Crippen LogP contribution in [0.15, 0.2) is 42.6 Å². The summed E-state index contributed by atoms with van der Waals surface area (Å²) in [5.41, 5.74) is 2.24. The van der Waals surface area contributed by atoms with Crippen molar-refractivity contribution in [3.8, 4) is 0 Å². The van der Waals surface area contributed by atoms with Gasteiger partial charge in [-0.05, 0) is 18.2 Å². The Morgan fingerprint density at radius 3 is 2.93 bits per heavy atom. The molecule has 0 aliphatic heterocycles. The van der Waals surface area contributed by atoms with Crippen molar-refractivity contribution in [2.24, 2.45) is 0 Å². The lowest BCUT2D eigenvalue weighted by Gasteiger charge is -2.00. The molecular formula is C13H13NS. The molecule has 1 aromatic heterocycles. The van der Waals surface area contributed by atoms with Crippen LogP contribution >= 0.6 is 12.6 Å². The first-order valence-electron chi connectivity index (χ1n) is 5.03. The van der Waals surface area contributed by atoms with E-state index in [9.17, 15) is 0 Å². The van der Waals surface area contributed by atoms with E-state index in [1.54, 1.807) is 0 Å². The molecule has 0 spiro atoms. The molecule has 2 rings (SSSR count). The molecule has 0 aliphatic carbocycles. The Hall–Kier alpha value is -1.28. The van der Waals surface area contributed by atoms with Crippen molar-refractivity contribution in [1.29, 1.82) is 0 Å². The lowest BCUT2D eigenvalue weighted by atomic mass is 10.1. The number of rotatable bonds is 3. The smallest absolute Gasteiger partial charge is 0.0774 e. The van der Waals surface area contributed by atoms with Crippen molar-refractivity contribution < 1.29 is 0 Å². The third kappa shape index (κ3) is 2.39. The minimum Gasteiger partial charge on any atom is -0.256 e. The van der Waals surface area contributed by atoms with Gasteiger partial charge in [-0.25, -0.2) is 0 Å². The Morgan fingerprint density at radius 2 is 2.07 bits per heavy atom. The maximum atomic E-state index is 4.39. The summed E-state index contributed by atoms with van der Waals surface area (Å²) in [6.07, 6.45) is 7.08. The second-order valence-electron chi connectivity index (χ2n) is 3.34. The van der Waals surface area contributed by atoms with Gasteiger partial charge in [-0.15, -0.1) is 0 Å². The van der Waals surface area contributed by atoms with Gasteiger partial charge in [-0.3, -0.25) is 4.98 Å². The number of aromatic nitrogens is 1. The highest BCUT2D eigenvalue weighted by Gasteiger charge is 1.96. The molecule has 1 heterocycles. The van der Waals surface area contributed by atoms with Crippen LogP contribution in [0, 0.1) is 0 Å². The molecule has 2 heteroatoms. The summed E-state index contributed by atoms with van der Waals surface area (Å²) in [5, 5.41) is 1.19. The van der Waals surface area contributed by atoms with Crippen LogP contribution in [0.1, 0.15) is 12.0 Å². The molecule has 0 amide bonds. The van der Waals surface area contributed by atoms with Gasteiger partial charge in [0.2, 0.25) is 0 Å². The normalized spacial score (nSPS) is 11.3. The summed E-state index contributed by atoms with van der Waals surface area (Å²) in [6.45, 7) is 0. The molecule has 0 N–H and O–H groups in total. The molecule has 0 radical (unpaired) electrons. The standard InChI is InChI=1S/C13H13NS/c15-10-2-1-5-11-6-3-7-12-8-4-9-14-13(11)12/h1,3-9,15H,2,10H2. The topological polar surface area (TPSA) is 12.9 Å². The number of nitrogens with zero attached hydrogens (tertiary/aromatic N) is 1. The number of thiol groups is 1. The Labute approximate surface area is 95.3 Å². The minimum absolute atomic E-state index is 0.884. The molecule has 0 bridgehead atoms. The first-order chi connectivity index (χ1) is 7.42. The quantitative estimate of drug-likeness (QED) is 0.772. The molecule has 15 heavy (non-hydrogen) atoms. The summed E-state index contributed by atoms with van der Waals surface area (Å²) < 4.78 is 0. The number of fused-ring (bicyclic) bond motifs is 1. The molecule has 0 fully saturated rings. The van der Waals surface area contributed by atoms with Gasteiger partial charge in [0, 0.05) is 17.1 Å². The van der Waals surface area contributed by atoms with Gasteiger partial charge in [-0.1, -0.05) is 36.4 Å². The SMILES string of the molecule is SCCC=Cc1cccc2cccnc12. The van der Waals surface area contributed by atoms with Crippen molar-refractivity contribution in [3.05, 3.63) is 48.2 Å². The lowest BCUT2D eigenvalue weighted by Crippen LogP contribution is -1.81. The van der Waals surface area contributed by atoms with Gasteiger partial charge in [0.15, 0.2) is 0 Å². The van der Waals surface area contributed by atoms with Crippen LogP contribution in [0.3, 0.4) is 0 Å². The summed E-state index contributed by atoms with van der Waals surface area (Å²) in [5.74, 6) is 0.884. The minimum atomic E-state index is 0.884. The second-order valence-corrected chi connectivity index (χ2v) is 3.78. The van der Waals surface area contributed by atoms with Crippen LogP contribution in [0.5, 0.6) is 0 Å². The van der Waals surface area contributed by atoms with Gasteiger partial charge in [0.1, 0.15) is 0 Å². The maximum Gasteiger partial charge on any atom is 0.0774 e. The van der Waals surface area contributed by atoms with E-state index in [0.717, 1.165) is 17.7 Å². The van der Waals surface area contributed by atoms with E-state index in [4.69, 9.17) is 0 Å². The number of allylic oxidation sites excluding steroid dienone is 1. The molecule has 0 atom stereocenters. The van der Waals surface area contributed by atoms with Gasteiger partial charge in [0.05, 0.1) is 5.52 Å². The highest BCUT2D eigenvalue weighted by Crippen LogP contribution is 2.17. The molecule has 0 aliphatic rings. The average molecular weight is 215 g/mol. The van der Waals surface area contributed by atoms with Gasteiger partial charge >= 0.3 is 0 Å². The number of hydrogen-bond donors (Lipinski definition) is 1. The van der Waals surface area contributed by atoms with Crippen LogP contribution in [0.2, 0.25) is 0 Å². The van der Waals surface area contributed by atoms with Gasteiger partial charge < -0.3 is 0 Å². The highest BCUT2D eigenvalue weighted by molar-refractivity contribution is 7.80. The zero-order chi connectivity index (χ0) is 10.5. The lowest BCUT2D eigenvalue weighted by molar-refractivity contribution is 1.26. The van der Waals surface area contributed by atoms with Crippen molar-refractivity contribution in [3.63, 3.8) is 0 Å². The third-order valence-corrected chi connectivity index (χ3v) is 2.52. The number of pyridine rings is 1. The fourth-order valence-electron chi connectivity index (χ4n) is 1.55. The van der Waals surface area contributed by atoms with E-state index in [1.807, 2.05) is 12.3 Å². The molecule has 0 saturated heterocycles. The third-order valence-electron chi connectivity index (χ3n) is 2.26. The fourth-order valence-corrected chi connectivity index (χ4v) is 1.70. The molecule has 0 saturated carbocycles. The monoisotopic (exact) mass is 215 g/mol. The Bertz CT molecular complexity index is 471. The predicted molar refractivity (Wildman–Crippen MR) is 69.2 cm³/mol. The summed E-state index contributed by atoms with van der Waals surface area (Å²) in [7, 11) is 0. The zero-order valence-electron chi connectivity index (χ0n) is 8.43. The van der Waals surface area contributed by atoms with Crippen LogP contribution < -0.4 is 0 Å². The van der Waals surface area contributed by atoms with Gasteiger partial charge in [-0.2, -0.15) is 12.6 Å². The van der Waals surface area contributed by atoms with E-state index in [1.165, 1.54) is 10.9 Å². The Balaban J connectivity index is 2.42. The fraction of sp³-hybridized carbons (Fsp3) is 0.154. The number of hydrogen-bond acceptors (Lipinski definition) is 2. The van der Waals surface area contributed by atoms with Crippen molar-refractivity contribution in [1.82, 2.24) is 4.98 Å². The van der Waals surface area contributed by atoms with E-state index in [-0.39, 0.29) is 0 Å². The van der Waals surface area contributed by atoms with E-state index >= 15 is 0 Å². The van der Waals surface area contributed by atoms with Crippen molar-refractivity contribution in [2.75, 3.05) is 5.75 Å². The van der Waals surface area contributed by atoms with Crippen molar-refractivity contribution in [2.45, 2.75) is 6.42 Å². The number of benzene rings is 1. The van der Waals surface area contributed by atoms with Crippen LogP contribution in [0.25, 0.3) is 17.0 Å².